The quantitative estimate of drug-likeness (QED) is 0.510. The molecule has 1 fully saturated rings. The van der Waals surface area contributed by atoms with Gasteiger partial charge in [-0.2, -0.15) is 5.10 Å². The fourth-order valence-electron chi connectivity index (χ4n) is 1.31. The molecule has 2 heterocycles. The maximum atomic E-state index is 4.14. The first-order valence-corrected chi connectivity index (χ1v) is 3.85. The van der Waals surface area contributed by atoms with E-state index in [0.717, 1.165) is 19.5 Å². The number of fused-ring (bicyclic) bond motifs is 2. The molecule has 0 saturated carbocycles. The summed E-state index contributed by atoms with van der Waals surface area (Å²) in [6, 6.07) is 0. The number of hydrogen-bond donors (Lipinski definition) is 1. The highest BCUT2D eigenvalue weighted by Gasteiger charge is 2.18. The number of hydrazone groups is 1. The largest absolute Gasteiger partial charge is 0.286 e. The van der Waals surface area contributed by atoms with Gasteiger partial charge in [0.15, 0.2) is 0 Å². The van der Waals surface area contributed by atoms with Crippen LogP contribution in [0.1, 0.15) is 6.42 Å². The maximum absolute atomic E-state index is 4.14. The molecule has 1 saturated heterocycles. The Bertz CT molecular complexity index is 189. The van der Waals surface area contributed by atoms with E-state index in [0.29, 0.717) is 0 Å². The number of hydrogen-bond acceptors (Lipinski definition) is 3. The third-order valence-electron chi connectivity index (χ3n) is 1.71. The lowest BCUT2D eigenvalue weighted by Gasteiger charge is -2.27. The van der Waals surface area contributed by atoms with Gasteiger partial charge in [-0.05, 0) is 5.57 Å². The Labute approximate surface area is 62.4 Å². The summed E-state index contributed by atoms with van der Waals surface area (Å²) in [6.07, 6.45) is 3.05. The first-order valence-electron chi connectivity index (χ1n) is 3.33. The summed E-state index contributed by atoms with van der Waals surface area (Å²) >= 11 is 0. The predicted octanol–water partition coefficient (Wildman–Crippen LogP) is 0.325. The molecule has 0 spiro atoms. The second-order valence-corrected chi connectivity index (χ2v) is 3.42. The van der Waals surface area contributed by atoms with Gasteiger partial charge >= 0.3 is 0 Å². The Morgan fingerprint density at radius 1 is 1.60 bits per heavy atom. The minimum atomic E-state index is 0.981. The molecule has 2 rings (SSSR count). The van der Waals surface area contributed by atoms with Crippen molar-refractivity contribution in [2.45, 2.75) is 6.42 Å². The summed E-state index contributed by atoms with van der Waals surface area (Å²) in [5, 5.41) is 4.14. The zero-order valence-electron chi connectivity index (χ0n) is 5.67. The van der Waals surface area contributed by atoms with Gasteiger partial charge in [0.2, 0.25) is 0 Å². The van der Waals surface area contributed by atoms with Gasteiger partial charge in [0.25, 0.3) is 0 Å². The van der Waals surface area contributed by atoms with E-state index >= 15 is 0 Å². The van der Waals surface area contributed by atoms with Crippen LogP contribution in [0.4, 0.5) is 0 Å². The predicted molar refractivity (Wildman–Crippen MR) is 44.6 cm³/mol. The van der Waals surface area contributed by atoms with Gasteiger partial charge < -0.3 is 0 Å². The lowest BCUT2D eigenvalue weighted by atomic mass is 10.1. The monoisotopic (exact) mass is 155 g/mol. The summed E-state index contributed by atoms with van der Waals surface area (Å²) in [4.78, 5) is 0. The van der Waals surface area contributed by atoms with E-state index in [9.17, 15) is 0 Å². The molecule has 0 aromatic carbocycles. The topological polar surface area (TPSA) is 27.6 Å². The van der Waals surface area contributed by atoms with Crippen LogP contribution in [0.15, 0.2) is 16.9 Å². The Kier molecular flexibility index (Phi) is 1.47. The highest BCUT2D eigenvalue weighted by atomic mass is 31.0. The summed E-state index contributed by atoms with van der Waals surface area (Å²) in [5.41, 5.74) is 5.55. The molecule has 0 radical (unpaired) electrons. The Morgan fingerprint density at radius 3 is 3.30 bits per heavy atom. The second-order valence-electron chi connectivity index (χ2n) is 2.69. The minimum absolute atomic E-state index is 0.981. The van der Waals surface area contributed by atoms with Crippen molar-refractivity contribution in [1.29, 1.82) is 0 Å². The number of nitrogens with zero attached hydrogens (tertiary/aromatic N) is 2. The highest BCUT2D eigenvalue weighted by molar-refractivity contribution is 7.13. The van der Waals surface area contributed by atoms with Gasteiger partial charge in [0.1, 0.15) is 0 Å². The van der Waals surface area contributed by atoms with Crippen LogP contribution in [0.3, 0.4) is 0 Å². The zero-order chi connectivity index (χ0) is 6.97. The van der Waals surface area contributed by atoms with Gasteiger partial charge in [-0.1, -0.05) is 9.39 Å². The van der Waals surface area contributed by atoms with E-state index in [1.165, 1.54) is 11.3 Å². The van der Waals surface area contributed by atoms with E-state index in [1.54, 1.807) is 0 Å². The van der Waals surface area contributed by atoms with Crippen LogP contribution in [0.25, 0.3) is 0 Å². The van der Waals surface area contributed by atoms with Gasteiger partial charge in [0.05, 0.1) is 5.71 Å². The van der Waals surface area contributed by atoms with Crippen LogP contribution in [0.2, 0.25) is 0 Å². The van der Waals surface area contributed by atoms with Crippen molar-refractivity contribution >= 4 is 15.1 Å². The average Bonchev–Trinajstić information content (AvgIpc) is 1.85. The lowest BCUT2D eigenvalue weighted by molar-refractivity contribution is 0.537. The fourth-order valence-corrected chi connectivity index (χ4v) is 1.76. The van der Waals surface area contributed by atoms with E-state index in [-0.39, 0.29) is 0 Å². The van der Waals surface area contributed by atoms with Crippen LogP contribution in [-0.2, 0) is 0 Å². The first kappa shape index (κ1) is 6.32. The number of piperidine rings is 1. The molecule has 3 nitrogen and oxygen atoms in total. The lowest BCUT2D eigenvalue weighted by Crippen LogP contribution is -2.33. The molecule has 1 atom stereocenters. The van der Waals surface area contributed by atoms with Crippen LogP contribution in [0.5, 0.6) is 0 Å². The Balaban J connectivity index is 2.20. The van der Waals surface area contributed by atoms with E-state index in [2.05, 4.69) is 24.6 Å². The molecular formula is C6H10N3P. The third-order valence-corrected chi connectivity index (χ3v) is 2.08. The summed E-state index contributed by atoms with van der Waals surface area (Å²) in [5.74, 6) is 0. The summed E-state index contributed by atoms with van der Waals surface area (Å²) < 4.78 is 2.19. The molecule has 2 aliphatic rings. The molecule has 1 unspecified atom stereocenters. The molecule has 2 aliphatic heterocycles. The van der Waals surface area contributed by atoms with Crippen LogP contribution in [0, 0.1) is 0 Å². The van der Waals surface area contributed by atoms with E-state index < -0.39 is 0 Å². The maximum Gasteiger partial charge on any atom is 0.0567 e. The molecule has 1 N–H and O–H groups in total. The first-order chi connectivity index (χ1) is 4.84. The van der Waals surface area contributed by atoms with Crippen molar-refractivity contribution in [1.82, 2.24) is 10.1 Å². The molecule has 4 heteroatoms. The van der Waals surface area contributed by atoms with Crippen molar-refractivity contribution in [3.8, 4) is 0 Å². The normalized spacial score (nSPS) is 24.9. The van der Waals surface area contributed by atoms with Crippen molar-refractivity contribution in [3.05, 3.63) is 11.8 Å². The molecule has 10 heavy (non-hydrogen) atoms. The Hall–Kier alpha value is -0.400. The molecular weight excluding hydrogens is 145 g/mol. The smallest absolute Gasteiger partial charge is 0.0567 e. The van der Waals surface area contributed by atoms with Crippen molar-refractivity contribution < 1.29 is 0 Å². The fraction of sp³-hybridized carbons (Fsp3) is 0.500. The summed E-state index contributed by atoms with van der Waals surface area (Å²) in [6.45, 7) is 2.03. The average molecular weight is 155 g/mol. The van der Waals surface area contributed by atoms with E-state index in [4.69, 9.17) is 0 Å². The standard InChI is InChI=1S/C6H10N3P/c10-9-3-5-1-6(4-9)8-7-2-5/h2,7H,1,3-4,10H2. The molecule has 0 amide bonds. The number of nitrogens with one attached hydrogen (secondary N) is 1. The van der Waals surface area contributed by atoms with Gasteiger partial charge in [0, 0.05) is 25.7 Å². The van der Waals surface area contributed by atoms with Gasteiger partial charge in [-0.3, -0.25) is 10.1 Å². The number of rotatable bonds is 0. The highest BCUT2D eigenvalue weighted by Crippen LogP contribution is 2.17. The van der Waals surface area contributed by atoms with Crippen molar-refractivity contribution in [2.75, 3.05) is 13.1 Å². The molecule has 0 aromatic rings. The Morgan fingerprint density at radius 2 is 2.50 bits per heavy atom. The van der Waals surface area contributed by atoms with Crippen LogP contribution >= 0.6 is 9.39 Å². The third kappa shape index (κ3) is 1.07. The van der Waals surface area contributed by atoms with Crippen LogP contribution in [-0.4, -0.2) is 23.5 Å². The minimum Gasteiger partial charge on any atom is -0.286 e. The zero-order valence-corrected chi connectivity index (χ0v) is 6.83. The van der Waals surface area contributed by atoms with Gasteiger partial charge in [-0.15, -0.1) is 0 Å². The molecule has 0 aliphatic carbocycles. The summed E-state index contributed by atoms with van der Waals surface area (Å²) in [7, 11) is 2.70. The van der Waals surface area contributed by atoms with Gasteiger partial charge in [-0.25, -0.2) is 0 Å². The second kappa shape index (κ2) is 2.33. The SMILES string of the molecule is PN1CC2=CNN=C(C2)C1. The molecule has 2 bridgehead atoms. The van der Waals surface area contributed by atoms with E-state index in [1.807, 2.05) is 6.20 Å². The van der Waals surface area contributed by atoms with Crippen molar-refractivity contribution in [3.63, 3.8) is 0 Å². The van der Waals surface area contributed by atoms with Crippen LogP contribution < -0.4 is 5.43 Å². The molecule has 0 aromatic heterocycles. The van der Waals surface area contributed by atoms with Crippen molar-refractivity contribution in [2.24, 2.45) is 5.10 Å². The molecule has 54 valence electrons.